The van der Waals surface area contributed by atoms with Crippen molar-refractivity contribution in [1.29, 1.82) is 5.41 Å². The summed E-state index contributed by atoms with van der Waals surface area (Å²) in [4.78, 5) is 4.02. The van der Waals surface area contributed by atoms with E-state index in [9.17, 15) is 0 Å². The van der Waals surface area contributed by atoms with Gasteiger partial charge in [-0.25, -0.2) is 0 Å². The van der Waals surface area contributed by atoms with Crippen LogP contribution in [-0.4, -0.2) is 48.5 Å². The molecule has 0 aromatic rings. The van der Waals surface area contributed by atoms with Crippen LogP contribution in [0, 0.1) is 5.41 Å². The zero-order chi connectivity index (χ0) is 15.9. The molecule has 0 atom stereocenters. The summed E-state index contributed by atoms with van der Waals surface area (Å²) in [5.74, 6) is 2.45. The van der Waals surface area contributed by atoms with Gasteiger partial charge in [0.2, 0.25) is 0 Å². The van der Waals surface area contributed by atoms with Crippen molar-refractivity contribution in [3.05, 3.63) is 11.6 Å². The van der Waals surface area contributed by atoms with Gasteiger partial charge in [-0.3, -0.25) is 4.99 Å². The molecule has 0 bridgehead atoms. The number of rotatable bonds is 9. The van der Waals surface area contributed by atoms with Gasteiger partial charge in [0, 0.05) is 25.4 Å². The standard InChI is InChI=1S/C14H24ClN5S/c1-12(6-9-18-10-8-16)14(17-3)20-19-13(2)21-11-5-4-7-15/h6,8,10,16H,4-5,7,9,11H2,1-3H3,(H,17,20)/b12-6+,16-8?,18-10-,19-13+. The normalized spacial score (nSPS) is 13.8. The van der Waals surface area contributed by atoms with E-state index in [2.05, 4.69) is 20.5 Å². The Bertz CT molecular complexity index is 416. The van der Waals surface area contributed by atoms with Crippen LogP contribution in [0.3, 0.4) is 0 Å². The fourth-order valence-electron chi connectivity index (χ4n) is 1.29. The quantitative estimate of drug-likeness (QED) is 0.224. The predicted molar refractivity (Wildman–Crippen MR) is 97.9 cm³/mol. The third-order valence-corrected chi connectivity index (χ3v) is 3.68. The Morgan fingerprint density at radius 1 is 1.29 bits per heavy atom. The highest BCUT2D eigenvalue weighted by molar-refractivity contribution is 8.13. The Balaban J connectivity index is 4.48. The van der Waals surface area contributed by atoms with E-state index in [0.717, 1.165) is 41.3 Å². The van der Waals surface area contributed by atoms with Crippen LogP contribution >= 0.6 is 23.4 Å². The van der Waals surface area contributed by atoms with Gasteiger partial charge < -0.3 is 10.7 Å². The van der Waals surface area contributed by atoms with Crippen LogP contribution in [0.25, 0.3) is 0 Å². The van der Waals surface area contributed by atoms with E-state index in [0.29, 0.717) is 12.4 Å². The first kappa shape index (κ1) is 19.9. The third-order valence-electron chi connectivity index (χ3n) is 2.42. The molecule has 0 aromatic heterocycles. The number of nitrogens with one attached hydrogen (secondary N) is 2. The van der Waals surface area contributed by atoms with Gasteiger partial charge in [-0.05, 0) is 38.0 Å². The maximum Gasteiger partial charge on any atom is 0.151 e. The molecule has 118 valence electrons. The number of amidine groups is 1. The largest absolute Gasteiger partial charge is 0.371 e. The van der Waals surface area contributed by atoms with Crippen molar-refractivity contribution >= 4 is 46.7 Å². The molecule has 5 nitrogen and oxygen atoms in total. The van der Waals surface area contributed by atoms with E-state index >= 15 is 0 Å². The minimum absolute atomic E-state index is 0.526. The van der Waals surface area contributed by atoms with E-state index in [1.807, 2.05) is 27.0 Å². The van der Waals surface area contributed by atoms with E-state index < -0.39 is 0 Å². The summed E-state index contributed by atoms with van der Waals surface area (Å²) in [6.07, 6.45) is 6.68. The molecule has 0 aliphatic rings. The van der Waals surface area contributed by atoms with E-state index in [1.54, 1.807) is 11.8 Å². The fourth-order valence-corrected chi connectivity index (χ4v) is 2.22. The average Bonchev–Trinajstić information content (AvgIpc) is 2.48. The molecule has 0 aliphatic carbocycles. The molecule has 0 aromatic carbocycles. The van der Waals surface area contributed by atoms with Crippen LogP contribution in [0.4, 0.5) is 0 Å². The van der Waals surface area contributed by atoms with Gasteiger partial charge in [0.1, 0.15) is 0 Å². The Hall–Kier alpha value is -1.14. The number of hydrogen-bond acceptors (Lipinski definition) is 5. The van der Waals surface area contributed by atoms with Crippen LogP contribution in [0.1, 0.15) is 26.7 Å². The number of thioether (sulfide) groups is 1. The highest BCUT2D eigenvalue weighted by Gasteiger charge is 1.99. The van der Waals surface area contributed by atoms with Crippen molar-refractivity contribution in [1.82, 2.24) is 5.32 Å². The zero-order valence-corrected chi connectivity index (χ0v) is 14.5. The highest BCUT2D eigenvalue weighted by Crippen LogP contribution is 2.08. The Labute approximate surface area is 136 Å². The second kappa shape index (κ2) is 13.8. The second-order valence-corrected chi connectivity index (χ2v) is 5.80. The first-order chi connectivity index (χ1) is 10.2. The summed E-state index contributed by atoms with van der Waals surface area (Å²) < 4.78 is 0. The molecule has 0 amide bonds. The molecule has 0 rings (SSSR count). The van der Waals surface area contributed by atoms with E-state index in [1.165, 1.54) is 6.21 Å². The molecule has 0 unspecified atom stereocenters. The lowest BCUT2D eigenvalue weighted by atomic mass is 10.2. The third kappa shape index (κ3) is 11.2. The minimum atomic E-state index is 0.526. The SMILES string of the molecule is CNC(=N\N=C(/C)SCCCCCl)/C(C)=C/C/N=C\C=N. The van der Waals surface area contributed by atoms with Crippen LogP contribution in [0.2, 0.25) is 0 Å². The molecule has 2 N–H and O–H groups in total. The van der Waals surface area contributed by atoms with E-state index in [-0.39, 0.29) is 0 Å². The number of alkyl halides is 1. The molecule has 0 saturated heterocycles. The van der Waals surface area contributed by atoms with Gasteiger partial charge in [-0.2, -0.15) is 0 Å². The van der Waals surface area contributed by atoms with Gasteiger partial charge in [0.25, 0.3) is 0 Å². The summed E-state index contributed by atoms with van der Waals surface area (Å²) >= 11 is 7.33. The average molecular weight is 330 g/mol. The number of unbranched alkanes of at least 4 members (excludes halogenated alkanes) is 1. The molecule has 0 saturated carbocycles. The molecular formula is C14H24ClN5S. The van der Waals surface area contributed by atoms with Gasteiger partial charge in [-0.15, -0.1) is 33.6 Å². The first-order valence-electron chi connectivity index (χ1n) is 6.80. The Kier molecular flexibility index (Phi) is 13.1. The van der Waals surface area contributed by atoms with Gasteiger partial charge in [0.15, 0.2) is 5.84 Å². The van der Waals surface area contributed by atoms with Crippen molar-refractivity contribution in [3.63, 3.8) is 0 Å². The van der Waals surface area contributed by atoms with Crippen molar-refractivity contribution in [3.8, 4) is 0 Å². The molecule has 7 heteroatoms. The number of nitrogens with zero attached hydrogens (tertiary/aromatic N) is 3. The second-order valence-electron chi connectivity index (χ2n) is 4.13. The maximum absolute atomic E-state index is 6.85. The van der Waals surface area contributed by atoms with E-state index in [4.69, 9.17) is 17.0 Å². The molecule has 0 fully saturated rings. The number of hydrogen-bond donors (Lipinski definition) is 2. The molecule has 0 spiro atoms. The minimum Gasteiger partial charge on any atom is -0.371 e. The maximum atomic E-state index is 6.85. The Morgan fingerprint density at radius 2 is 2.05 bits per heavy atom. The topological polar surface area (TPSA) is 73.0 Å². The molecule has 21 heavy (non-hydrogen) atoms. The van der Waals surface area contributed by atoms with Crippen molar-refractivity contribution in [2.45, 2.75) is 26.7 Å². The first-order valence-corrected chi connectivity index (χ1v) is 8.32. The number of likely N-dealkylation sites (N-methyl/N-ethyl adjacent to an activating group) is 1. The summed E-state index contributed by atoms with van der Waals surface area (Å²) in [5, 5.41) is 19.2. The smallest absolute Gasteiger partial charge is 0.151 e. The summed E-state index contributed by atoms with van der Waals surface area (Å²) in [6.45, 7) is 4.43. The van der Waals surface area contributed by atoms with Gasteiger partial charge in [-0.1, -0.05) is 6.08 Å². The Morgan fingerprint density at radius 3 is 2.67 bits per heavy atom. The monoisotopic (exact) mass is 329 g/mol. The lowest BCUT2D eigenvalue weighted by Crippen LogP contribution is -2.19. The molecule has 0 heterocycles. The summed E-state index contributed by atoms with van der Waals surface area (Å²) in [7, 11) is 1.81. The number of halogens is 1. The summed E-state index contributed by atoms with van der Waals surface area (Å²) in [6, 6.07) is 0. The van der Waals surface area contributed by atoms with Crippen LogP contribution in [-0.2, 0) is 0 Å². The molecule has 0 radical (unpaired) electrons. The lowest BCUT2D eigenvalue weighted by molar-refractivity contribution is 0.904. The van der Waals surface area contributed by atoms with Crippen molar-refractivity contribution in [2.24, 2.45) is 15.2 Å². The number of aliphatic imine (C=N–C) groups is 1. The lowest BCUT2D eigenvalue weighted by Gasteiger charge is -2.04. The van der Waals surface area contributed by atoms with Crippen LogP contribution in [0.5, 0.6) is 0 Å². The van der Waals surface area contributed by atoms with Gasteiger partial charge in [0.05, 0.1) is 11.6 Å². The fraction of sp³-hybridized carbons (Fsp3) is 0.571. The molecular weight excluding hydrogens is 306 g/mol. The highest BCUT2D eigenvalue weighted by atomic mass is 35.5. The van der Waals surface area contributed by atoms with Crippen LogP contribution in [0.15, 0.2) is 26.8 Å². The van der Waals surface area contributed by atoms with Gasteiger partial charge >= 0.3 is 0 Å². The van der Waals surface area contributed by atoms with Crippen LogP contribution < -0.4 is 5.32 Å². The zero-order valence-electron chi connectivity index (χ0n) is 12.9. The molecule has 0 aliphatic heterocycles. The summed E-state index contributed by atoms with van der Waals surface area (Å²) in [5.41, 5.74) is 0.975. The predicted octanol–water partition coefficient (Wildman–Crippen LogP) is 3.36. The van der Waals surface area contributed by atoms with Crippen molar-refractivity contribution in [2.75, 3.05) is 25.2 Å². The van der Waals surface area contributed by atoms with Crippen molar-refractivity contribution < 1.29 is 0 Å².